The van der Waals surface area contributed by atoms with E-state index in [2.05, 4.69) is 34.3 Å². The number of ether oxygens (including phenoxy) is 1. The van der Waals surface area contributed by atoms with Gasteiger partial charge >= 0.3 is 0 Å². The molecule has 3 rings (SSSR count). The zero-order chi connectivity index (χ0) is 20.6. The van der Waals surface area contributed by atoms with Gasteiger partial charge in [0, 0.05) is 17.3 Å². The van der Waals surface area contributed by atoms with Crippen molar-refractivity contribution in [3.63, 3.8) is 0 Å². The summed E-state index contributed by atoms with van der Waals surface area (Å²) in [6.45, 7) is 4.03. The molecule has 1 heterocycles. The van der Waals surface area contributed by atoms with E-state index in [4.69, 9.17) is 4.74 Å². The topological polar surface area (TPSA) is 64.1 Å². The summed E-state index contributed by atoms with van der Waals surface area (Å²) in [7, 11) is 1.63. The van der Waals surface area contributed by atoms with Gasteiger partial charge in [-0.2, -0.15) is 0 Å². The van der Waals surface area contributed by atoms with Gasteiger partial charge in [0.2, 0.25) is 5.91 Å². The maximum atomic E-state index is 12.4. The van der Waals surface area contributed by atoms with Crippen LogP contribution in [-0.2, 0) is 4.79 Å². The van der Waals surface area contributed by atoms with Gasteiger partial charge in [-0.3, -0.25) is 4.79 Å². The molecule has 0 saturated carbocycles. The number of nitrogens with one attached hydrogen (secondary N) is 1. The van der Waals surface area contributed by atoms with E-state index in [-0.39, 0.29) is 17.7 Å². The molecule has 1 N–H and O–H groups in total. The molecule has 0 aliphatic rings. The van der Waals surface area contributed by atoms with E-state index in [1.54, 1.807) is 31.3 Å². The molecule has 150 valence electrons. The summed E-state index contributed by atoms with van der Waals surface area (Å²) in [6.07, 6.45) is 3.33. The summed E-state index contributed by atoms with van der Waals surface area (Å²) in [5.74, 6) is 1.03. The Morgan fingerprint density at radius 1 is 1.07 bits per heavy atom. The third-order valence-corrected chi connectivity index (χ3v) is 6.54. The number of nitrogens with zero attached hydrogens (tertiary/aromatic N) is 2. The predicted octanol–water partition coefficient (Wildman–Crippen LogP) is 4.91. The molecule has 0 bridgehead atoms. The Morgan fingerprint density at radius 2 is 1.76 bits per heavy atom. The van der Waals surface area contributed by atoms with Gasteiger partial charge in [-0.15, -0.1) is 0 Å². The average molecular weight is 426 g/mol. The minimum atomic E-state index is -0.0864. The number of carbonyl (C=O) groups excluding carboxylic acids is 1. The van der Waals surface area contributed by atoms with Crippen LogP contribution in [0.3, 0.4) is 0 Å². The van der Waals surface area contributed by atoms with E-state index in [0.717, 1.165) is 26.3 Å². The molecule has 0 saturated heterocycles. The smallest absolute Gasteiger partial charge is 0.230 e. The molecule has 1 aromatic heterocycles. The molecular formula is C22H23N3O2S2. The summed E-state index contributed by atoms with van der Waals surface area (Å²) in [5, 5.41) is 4.59. The summed E-state index contributed by atoms with van der Waals surface area (Å²) in [5.41, 5.74) is 2.21. The van der Waals surface area contributed by atoms with Gasteiger partial charge in [-0.25, -0.2) is 9.97 Å². The average Bonchev–Trinajstić information content (AvgIpc) is 2.74. The Kier molecular flexibility index (Phi) is 7.55. The van der Waals surface area contributed by atoms with Gasteiger partial charge < -0.3 is 10.1 Å². The molecule has 0 aliphatic heterocycles. The first-order valence-corrected chi connectivity index (χ1v) is 11.0. The second kappa shape index (κ2) is 10.3. The predicted molar refractivity (Wildman–Crippen MR) is 118 cm³/mol. The lowest BCUT2D eigenvalue weighted by Gasteiger charge is -2.15. The number of carbonyl (C=O) groups is 1. The minimum absolute atomic E-state index is 0.0455. The Balaban J connectivity index is 1.59. The zero-order valence-electron chi connectivity index (χ0n) is 16.6. The molecule has 5 nitrogen and oxygen atoms in total. The first kappa shape index (κ1) is 21.2. The van der Waals surface area contributed by atoms with Crippen molar-refractivity contribution in [1.29, 1.82) is 0 Å². The molecule has 0 unspecified atom stereocenters. The summed E-state index contributed by atoms with van der Waals surface area (Å²) in [4.78, 5) is 22.4. The zero-order valence-corrected chi connectivity index (χ0v) is 18.2. The monoisotopic (exact) mass is 425 g/mol. The summed E-state index contributed by atoms with van der Waals surface area (Å²) < 4.78 is 5.17. The van der Waals surface area contributed by atoms with E-state index in [1.807, 2.05) is 43.3 Å². The van der Waals surface area contributed by atoms with Crippen LogP contribution in [0.1, 0.15) is 24.1 Å². The third-order valence-electron chi connectivity index (χ3n) is 4.27. The van der Waals surface area contributed by atoms with E-state index >= 15 is 0 Å². The van der Waals surface area contributed by atoms with E-state index < -0.39 is 0 Å². The highest BCUT2D eigenvalue weighted by atomic mass is 32.2. The van der Waals surface area contributed by atoms with Crippen LogP contribution in [0, 0.1) is 6.92 Å². The molecule has 29 heavy (non-hydrogen) atoms. The van der Waals surface area contributed by atoms with Crippen molar-refractivity contribution < 1.29 is 9.53 Å². The van der Waals surface area contributed by atoms with E-state index in [0.29, 0.717) is 0 Å². The van der Waals surface area contributed by atoms with Crippen LogP contribution < -0.4 is 10.1 Å². The fraction of sp³-hybridized carbons (Fsp3) is 0.227. The number of aryl methyl sites for hydroxylation is 1. The molecule has 2 aromatic carbocycles. The Labute approximate surface area is 179 Å². The van der Waals surface area contributed by atoms with E-state index in [9.17, 15) is 4.79 Å². The summed E-state index contributed by atoms with van der Waals surface area (Å²) in [6, 6.07) is 15.8. The molecule has 3 aromatic rings. The largest absolute Gasteiger partial charge is 0.497 e. The van der Waals surface area contributed by atoms with Crippen LogP contribution in [0.4, 0.5) is 0 Å². The molecular weight excluding hydrogens is 402 g/mol. The normalized spacial score (nSPS) is 11.7. The maximum Gasteiger partial charge on any atom is 0.230 e. The Morgan fingerprint density at radius 3 is 2.45 bits per heavy atom. The van der Waals surface area contributed by atoms with Crippen molar-refractivity contribution in [3.8, 4) is 5.75 Å². The van der Waals surface area contributed by atoms with Gasteiger partial charge in [0.05, 0.1) is 18.9 Å². The number of hydrogen-bond donors (Lipinski definition) is 1. The number of hydrogen-bond acceptors (Lipinski definition) is 6. The van der Waals surface area contributed by atoms with Crippen molar-refractivity contribution in [3.05, 3.63) is 72.1 Å². The molecule has 1 atom stereocenters. The lowest BCUT2D eigenvalue weighted by molar-refractivity contribution is -0.119. The fourth-order valence-electron chi connectivity index (χ4n) is 2.65. The first-order chi connectivity index (χ1) is 14.1. The maximum absolute atomic E-state index is 12.4. The molecule has 0 aliphatic carbocycles. The van der Waals surface area contributed by atoms with Gasteiger partial charge in [0.25, 0.3) is 0 Å². The third kappa shape index (κ3) is 5.98. The van der Waals surface area contributed by atoms with Gasteiger partial charge in [0.1, 0.15) is 15.8 Å². The van der Waals surface area contributed by atoms with Crippen LogP contribution in [0.2, 0.25) is 0 Å². The number of benzene rings is 2. The quantitative estimate of drug-likeness (QED) is 0.517. The van der Waals surface area contributed by atoms with Crippen LogP contribution in [0.25, 0.3) is 0 Å². The molecule has 0 radical (unpaired) electrons. The Hall–Kier alpha value is -2.51. The highest BCUT2D eigenvalue weighted by Gasteiger charge is 2.14. The molecule has 0 fully saturated rings. The molecule has 1 amide bonds. The fourth-order valence-corrected chi connectivity index (χ4v) is 4.45. The highest BCUT2D eigenvalue weighted by Crippen LogP contribution is 2.34. The van der Waals surface area contributed by atoms with Crippen molar-refractivity contribution in [1.82, 2.24) is 15.3 Å². The number of amides is 1. The van der Waals surface area contributed by atoms with Crippen molar-refractivity contribution in [2.24, 2.45) is 0 Å². The molecule has 7 heteroatoms. The van der Waals surface area contributed by atoms with Gasteiger partial charge in [-0.05, 0) is 43.2 Å². The molecule has 0 spiro atoms. The number of methoxy groups -OCH3 is 1. The standard InChI is InChI=1S/C22H23N3O2S2/c1-15-6-4-5-7-19(15)29-22-21(23-12-13-24-22)28-14-20(26)25-16(2)17-8-10-18(27-3)11-9-17/h4-13,16H,14H2,1-3H3,(H,25,26)/t16-/m0/s1. The van der Waals surface area contributed by atoms with Crippen LogP contribution in [0.15, 0.2) is 75.9 Å². The number of aromatic nitrogens is 2. The van der Waals surface area contributed by atoms with Crippen LogP contribution in [0.5, 0.6) is 5.75 Å². The van der Waals surface area contributed by atoms with Crippen molar-refractivity contribution in [2.75, 3.05) is 12.9 Å². The lowest BCUT2D eigenvalue weighted by Crippen LogP contribution is -2.28. The Bertz CT molecular complexity index is 964. The van der Waals surface area contributed by atoms with E-state index in [1.165, 1.54) is 17.3 Å². The van der Waals surface area contributed by atoms with Gasteiger partial charge in [-0.1, -0.05) is 53.9 Å². The number of thioether (sulfide) groups is 1. The summed E-state index contributed by atoms with van der Waals surface area (Å²) >= 11 is 2.97. The second-order valence-electron chi connectivity index (χ2n) is 6.39. The number of rotatable bonds is 8. The van der Waals surface area contributed by atoms with Crippen molar-refractivity contribution >= 4 is 29.4 Å². The SMILES string of the molecule is COc1ccc([C@H](C)NC(=O)CSc2nccnc2Sc2ccccc2C)cc1. The lowest BCUT2D eigenvalue weighted by atomic mass is 10.1. The van der Waals surface area contributed by atoms with Crippen LogP contribution >= 0.6 is 23.5 Å². The minimum Gasteiger partial charge on any atom is -0.497 e. The van der Waals surface area contributed by atoms with Crippen LogP contribution in [-0.4, -0.2) is 28.7 Å². The van der Waals surface area contributed by atoms with Crippen molar-refractivity contribution in [2.45, 2.75) is 34.8 Å². The second-order valence-corrected chi connectivity index (χ2v) is 8.38. The highest BCUT2D eigenvalue weighted by molar-refractivity contribution is 8.02. The van der Waals surface area contributed by atoms with Gasteiger partial charge in [0.15, 0.2) is 0 Å². The first-order valence-electron chi connectivity index (χ1n) is 9.17.